The molecule has 0 spiro atoms. The molecule has 1 unspecified atom stereocenters. The zero-order valence-electron chi connectivity index (χ0n) is 17.3. The third-order valence-corrected chi connectivity index (χ3v) is 5.29. The normalized spacial score (nSPS) is 17.9. The lowest BCUT2D eigenvalue weighted by atomic mass is 9.94. The summed E-state index contributed by atoms with van der Waals surface area (Å²) in [5.74, 6) is 1.37. The van der Waals surface area contributed by atoms with Crippen molar-refractivity contribution in [1.29, 1.82) is 0 Å². The second-order valence-electron chi connectivity index (χ2n) is 7.45. The van der Waals surface area contributed by atoms with E-state index in [-0.39, 0.29) is 5.91 Å². The van der Waals surface area contributed by atoms with E-state index in [1.807, 2.05) is 66.2 Å². The van der Waals surface area contributed by atoms with Crippen LogP contribution in [0.5, 0.6) is 5.75 Å². The third kappa shape index (κ3) is 3.78. The number of carbonyl (C=O) groups is 1. The molecule has 1 N–H and O–H groups in total. The van der Waals surface area contributed by atoms with Gasteiger partial charge >= 0.3 is 0 Å². The molecule has 0 saturated heterocycles. The van der Waals surface area contributed by atoms with Crippen molar-refractivity contribution < 1.29 is 14.4 Å². The van der Waals surface area contributed by atoms with Crippen molar-refractivity contribution in [1.82, 2.24) is 9.55 Å². The van der Waals surface area contributed by atoms with Crippen molar-refractivity contribution in [3.63, 3.8) is 0 Å². The first-order valence-electron chi connectivity index (χ1n) is 9.76. The molecule has 1 atom stereocenters. The second-order valence-corrected chi connectivity index (χ2v) is 7.45. The monoisotopic (exact) mass is 404 g/mol. The van der Waals surface area contributed by atoms with Crippen LogP contribution in [0.25, 0.3) is 0 Å². The number of rotatable bonds is 6. The number of amides is 1. The molecule has 0 bridgehead atoms. The van der Waals surface area contributed by atoms with Crippen molar-refractivity contribution >= 4 is 17.3 Å². The van der Waals surface area contributed by atoms with Crippen LogP contribution >= 0.6 is 0 Å². The Labute approximate surface area is 175 Å². The topological polar surface area (TPSA) is 77.7 Å². The van der Waals surface area contributed by atoms with Crippen LogP contribution < -0.4 is 10.1 Å². The Morgan fingerprint density at radius 2 is 2.00 bits per heavy atom. The van der Waals surface area contributed by atoms with Gasteiger partial charge in [-0.1, -0.05) is 35.5 Å². The molecule has 2 aromatic carbocycles. The Bertz CT molecular complexity index is 1110. The molecule has 1 aromatic heterocycles. The smallest absolute Gasteiger partial charge is 0.271 e. The van der Waals surface area contributed by atoms with Crippen molar-refractivity contribution in [2.45, 2.75) is 32.4 Å². The van der Waals surface area contributed by atoms with E-state index in [0.717, 1.165) is 22.6 Å². The summed E-state index contributed by atoms with van der Waals surface area (Å²) in [5.41, 5.74) is 2.14. The van der Waals surface area contributed by atoms with Crippen LogP contribution in [-0.4, -0.2) is 33.9 Å². The summed E-state index contributed by atoms with van der Waals surface area (Å²) in [4.78, 5) is 23.0. The van der Waals surface area contributed by atoms with Gasteiger partial charge in [-0.3, -0.25) is 4.79 Å². The Balaban J connectivity index is 1.51. The van der Waals surface area contributed by atoms with Gasteiger partial charge in [-0.2, -0.15) is 0 Å². The molecule has 0 aliphatic carbocycles. The molecule has 0 fully saturated rings. The minimum absolute atomic E-state index is 0.244. The molecule has 4 rings (SSSR count). The molecule has 7 heteroatoms. The maximum absolute atomic E-state index is 13.1. The van der Waals surface area contributed by atoms with Crippen molar-refractivity contribution in [3.05, 3.63) is 77.9 Å². The van der Waals surface area contributed by atoms with Gasteiger partial charge in [-0.15, -0.1) is 0 Å². The van der Waals surface area contributed by atoms with Crippen molar-refractivity contribution in [2.75, 3.05) is 12.4 Å². The number of methoxy groups -OCH3 is 1. The maximum Gasteiger partial charge on any atom is 0.271 e. The Morgan fingerprint density at radius 3 is 2.77 bits per heavy atom. The SMILES string of the molecule is COc1ccccc1C1=NOC(C)(C(=O)Nc2ccccc2Cn2ccnc2C)C1. The highest BCUT2D eigenvalue weighted by molar-refractivity contribution is 6.09. The summed E-state index contributed by atoms with van der Waals surface area (Å²) in [6, 6.07) is 15.3. The van der Waals surface area contributed by atoms with Gasteiger partial charge in [0.05, 0.1) is 19.4 Å². The number of ether oxygens (including phenoxy) is 1. The van der Waals surface area contributed by atoms with Crippen LogP contribution in [0, 0.1) is 6.92 Å². The Hall–Kier alpha value is -3.61. The van der Waals surface area contributed by atoms with Crippen LogP contribution in [0.1, 0.15) is 30.3 Å². The molecule has 0 radical (unpaired) electrons. The molecule has 1 aliphatic rings. The fourth-order valence-electron chi connectivity index (χ4n) is 3.48. The summed E-state index contributed by atoms with van der Waals surface area (Å²) in [6.07, 6.45) is 4.03. The number of imidazole rings is 1. The first-order valence-corrected chi connectivity index (χ1v) is 9.76. The quantitative estimate of drug-likeness (QED) is 0.678. The first-order chi connectivity index (χ1) is 14.5. The van der Waals surface area contributed by atoms with Gasteiger partial charge in [-0.25, -0.2) is 4.98 Å². The van der Waals surface area contributed by atoms with E-state index in [9.17, 15) is 4.79 Å². The lowest BCUT2D eigenvalue weighted by Crippen LogP contribution is -2.40. The van der Waals surface area contributed by atoms with E-state index in [1.165, 1.54) is 0 Å². The number of para-hydroxylation sites is 2. The second kappa shape index (κ2) is 8.02. The molecule has 1 aliphatic heterocycles. The molecule has 154 valence electrons. The van der Waals surface area contributed by atoms with Crippen LogP contribution in [0.15, 0.2) is 66.1 Å². The number of aromatic nitrogens is 2. The summed E-state index contributed by atoms with van der Waals surface area (Å²) in [6.45, 7) is 4.31. The summed E-state index contributed by atoms with van der Waals surface area (Å²) >= 11 is 0. The van der Waals surface area contributed by atoms with Gasteiger partial charge < -0.3 is 19.5 Å². The Morgan fingerprint density at radius 1 is 1.23 bits per heavy atom. The predicted molar refractivity (Wildman–Crippen MR) is 115 cm³/mol. The van der Waals surface area contributed by atoms with E-state index >= 15 is 0 Å². The van der Waals surface area contributed by atoms with Crippen molar-refractivity contribution in [3.8, 4) is 5.75 Å². The highest BCUT2D eigenvalue weighted by Crippen LogP contribution is 2.31. The molecule has 2 heterocycles. The standard InChI is InChI=1S/C23H24N4O3/c1-16-24-12-13-27(16)15-17-8-4-6-10-19(17)25-22(28)23(2)14-20(26-30-23)18-9-5-7-11-21(18)29-3/h4-13H,14-15H2,1-3H3,(H,25,28). The first kappa shape index (κ1) is 19.7. The number of oxime groups is 1. The average Bonchev–Trinajstić information content (AvgIpc) is 3.36. The van der Waals surface area contributed by atoms with E-state index in [1.54, 1.807) is 20.2 Å². The minimum atomic E-state index is -1.10. The van der Waals surface area contributed by atoms with Gasteiger partial charge in [0, 0.05) is 30.1 Å². The molecular weight excluding hydrogens is 380 g/mol. The lowest BCUT2D eigenvalue weighted by molar-refractivity contribution is -0.135. The largest absolute Gasteiger partial charge is 0.496 e. The maximum atomic E-state index is 13.1. The van der Waals surface area contributed by atoms with E-state index in [4.69, 9.17) is 9.57 Å². The molecule has 3 aromatic rings. The molecule has 1 amide bonds. The fraction of sp³-hybridized carbons (Fsp3) is 0.261. The highest BCUT2D eigenvalue weighted by Gasteiger charge is 2.43. The number of hydrogen-bond acceptors (Lipinski definition) is 5. The summed E-state index contributed by atoms with van der Waals surface area (Å²) in [7, 11) is 1.61. The van der Waals surface area contributed by atoms with Crippen LogP contribution in [0.3, 0.4) is 0 Å². The van der Waals surface area contributed by atoms with Gasteiger partial charge in [0.1, 0.15) is 11.6 Å². The van der Waals surface area contributed by atoms with Crippen LogP contribution in [0.2, 0.25) is 0 Å². The number of nitrogens with zero attached hydrogens (tertiary/aromatic N) is 3. The van der Waals surface area contributed by atoms with Gasteiger partial charge in [0.25, 0.3) is 5.91 Å². The number of carbonyl (C=O) groups excluding carboxylic acids is 1. The molecule has 30 heavy (non-hydrogen) atoms. The van der Waals surface area contributed by atoms with E-state index in [0.29, 0.717) is 24.4 Å². The minimum Gasteiger partial charge on any atom is -0.496 e. The number of nitrogens with one attached hydrogen (secondary N) is 1. The molecule has 0 saturated carbocycles. The predicted octanol–water partition coefficient (Wildman–Crippen LogP) is 3.77. The Kier molecular flexibility index (Phi) is 5.27. The average molecular weight is 404 g/mol. The summed E-state index contributed by atoms with van der Waals surface area (Å²) < 4.78 is 7.44. The lowest BCUT2D eigenvalue weighted by Gasteiger charge is -2.22. The number of hydrogen-bond donors (Lipinski definition) is 1. The number of aryl methyl sites for hydroxylation is 1. The van der Waals surface area contributed by atoms with E-state index in [2.05, 4.69) is 15.5 Å². The molecule has 7 nitrogen and oxygen atoms in total. The third-order valence-electron chi connectivity index (χ3n) is 5.29. The zero-order valence-corrected chi connectivity index (χ0v) is 17.3. The van der Waals surface area contributed by atoms with Crippen LogP contribution in [0.4, 0.5) is 5.69 Å². The van der Waals surface area contributed by atoms with Crippen molar-refractivity contribution in [2.24, 2.45) is 5.16 Å². The van der Waals surface area contributed by atoms with Gasteiger partial charge in [0.15, 0.2) is 0 Å². The van der Waals surface area contributed by atoms with Crippen LogP contribution in [-0.2, 0) is 16.2 Å². The van der Waals surface area contributed by atoms with Gasteiger partial charge in [0.2, 0.25) is 5.60 Å². The molecular formula is C23H24N4O3. The number of benzene rings is 2. The number of anilines is 1. The summed E-state index contributed by atoms with van der Waals surface area (Å²) in [5, 5.41) is 7.21. The fourth-order valence-corrected chi connectivity index (χ4v) is 3.48. The zero-order chi connectivity index (χ0) is 21.1. The highest BCUT2D eigenvalue weighted by atomic mass is 16.7. The van der Waals surface area contributed by atoms with Gasteiger partial charge in [-0.05, 0) is 37.6 Å². The van der Waals surface area contributed by atoms with E-state index < -0.39 is 5.60 Å².